The van der Waals surface area contributed by atoms with Crippen molar-refractivity contribution in [3.05, 3.63) is 35.4 Å². The van der Waals surface area contributed by atoms with Gasteiger partial charge in [-0.1, -0.05) is 26.0 Å². The zero-order valence-electron chi connectivity index (χ0n) is 11.3. The number of hydrogen-bond acceptors (Lipinski definition) is 5. The molecule has 0 unspecified atom stereocenters. The summed E-state index contributed by atoms with van der Waals surface area (Å²) in [5.74, 6) is -2.95. The minimum absolute atomic E-state index is 0.176. The van der Waals surface area contributed by atoms with Gasteiger partial charge in [-0.3, -0.25) is 0 Å². The van der Waals surface area contributed by atoms with Gasteiger partial charge in [-0.05, 0) is 24.5 Å². The van der Waals surface area contributed by atoms with Crippen LogP contribution in [0, 0.1) is 5.92 Å². The second-order valence-corrected chi connectivity index (χ2v) is 4.80. The molecule has 20 heavy (non-hydrogen) atoms. The van der Waals surface area contributed by atoms with Gasteiger partial charge in [0.25, 0.3) is 0 Å². The lowest BCUT2D eigenvalue weighted by Gasteiger charge is -2.12. The Kier molecular flexibility index (Phi) is 5.40. The Morgan fingerprint density at radius 1 is 1.20 bits per heavy atom. The van der Waals surface area contributed by atoms with Gasteiger partial charge < -0.3 is 15.6 Å². The van der Waals surface area contributed by atoms with Crippen LogP contribution in [0.5, 0.6) is 0 Å². The fourth-order valence-electron chi connectivity index (χ4n) is 1.67. The molecule has 0 aliphatic heterocycles. The molecule has 0 spiro atoms. The number of nitrogens with two attached hydrogens (primary N) is 1. The van der Waals surface area contributed by atoms with E-state index >= 15 is 0 Å². The van der Waals surface area contributed by atoms with Crippen LogP contribution in [-0.2, 0) is 9.53 Å². The molecule has 1 aromatic rings. The normalized spacial score (nSPS) is 12.0. The molecular weight excluding hydrogens is 262 g/mol. The summed E-state index contributed by atoms with van der Waals surface area (Å²) in [7, 11) is 0. The number of carboxylic acid groups (broad SMARTS) is 1. The molecule has 6 heteroatoms. The molecule has 0 aliphatic carbocycles. The van der Waals surface area contributed by atoms with Gasteiger partial charge in [-0.2, -0.15) is 0 Å². The van der Waals surface area contributed by atoms with Gasteiger partial charge in [0.05, 0.1) is 11.1 Å². The zero-order valence-corrected chi connectivity index (χ0v) is 11.3. The van der Waals surface area contributed by atoms with Crippen LogP contribution in [0.25, 0.3) is 0 Å². The highest BCUT2D eigenvalue weighted by atomic mass is 16.6. The number of esters is 2. The Bertz CT molecular complexity index is 524. The molecule has 0 aliphatic rings. The van der Waals surface area contributed by atoms with Crippen molar-refractivity contribution in [2.45, 2.75) is 26.3 Å². The minimum Gasteiger partial charge on any atom is -0.478 e. The highest BCUT2D eigenvalue weighted by molar-refractivity contribution is 6.05. The summed E-state index contributed by atoms with van der Waals surface area (Å²) in [5, 5.41) is 8.96. The average Bonchev–Trinajstić information content (AvgIpc) is 2.37. The molecule has 3 N–H and O–H groups in total. The first-order valence-corrected chi connectivity index (χ1v) is 6.16. The maximum absolute atomic E-state index is 11.8. The van der Waals surface area contributed by atoms with Gasteiger partial charge in [-0.15, -0.1) is 0 Å². The predicted molar refractivity (Wildman–Crippen MR) is 71.3 cm³/mol. The van der Waals surface area contributed by atoms with Gasteiger partial charge in [0.15, 0.2) is 0 Å². The van der Waals surface area contributed by atoms with E-state index < -0.39 is 23.9 Å². The van der Waals surface area contributed by atoms with E-state index in [1.807, 2.05) is 13.8 Å². The monoisotopic (exact) mass is 279 g/mol. The van der Waals surface area contributed by atoms with Crippen LogP contribution >= 0.6 is 0 Å². The Morgan fingerprint density at radius 2 is 1.75 bits per heavy atom. The van der Waals surface area contributed by atoms with Crippen LogP contribution in [0.3, 0.4) is 0 Å². The fraction of sp³-hybridized carbons (Fsp3) is 0.357. The quantitative estimate of drug-likeness (QED) is 0.624. The summed E-state index contributed by atoms with van der Waals surface area (Å²) in [6.07, 6.45) is 0.382. The van der Waals surface area contributed by atoms with Crippen LogP contribution in [0.2, 0.25) is 0 Å². The third kappa shape index (κ3) is 4.17. The zero-order chi connectivity index (χ0) is 15.3. The van der Waals surface area contributed by atoms with Crippen molar-refractivity contribution in [2.24, 2.45) is 11.7 Å². The Hall–Kier alpha value is -2.21. The first-order chi connectivity index (χ1) is 9.32. The fourth-order valence-corrected chi connectivity index (χ4v) is 1.67. The first-order valence-electron chi connectivity index (χ1n) is 6.16. The number of aromatic carboxylic acids is 1. The van der Waals surface area contributed by atoms with Crippen molar-refractivity contribution in [3.63, 3.8) is 0 Å². The second kappa shape index (κ2) is 6.81. The van der Waals surface area contributed by atoms with Gasteiger partial charge in [-0.25, -0.2) is 14.4 Å². The highest BCUT2D eigenvalue weighted by Gasteiger charge is 2.23. The van der Waals surface area contributed by atoms with E-state index in [0.717, 1.165) is 0 Å². The smallest absolute Gasteiger partial charge is 0.346 e. The summed E-state index contributed by atoms with van der Waals surface area (Å²) in [5.41, 5.74) is 5.20. The van der Waals surface area contributed by atoms with Crippen LogP contribution in [-0.4, -0.2) is 29.1 Å². The number of carbonyl (C=O) groups excluding carboxylic acids is 2. The van der Waals surface area contributed by atoms with E-state index in [-0.39, 0.29) is 17.0 Å². The lowest BCUT2D eigenvalue weighted by molar-refractivity contribution is -0.139. The molecule has 0 amide bonds. The predicted octanol–water partition coefficient (Wildman–Crippen LogP) is 1.44. The molecule has 0 heterocycles. The first kappa shape index (κ1) is 15.8. The summed E-state index contributed by atoms with van der Waals surface area (Å²) in [4.78, 5) is 34.4. The average molecular weight is 279 g/mol. The van der Waals surface area contributed by atoms with Crippen LogP contribution < -0.4 is 5.73 Å². The number of benzene rings is 1. The lowest BCUT2D eigenvalue weighted by Crippen LogP contribution is -2.35. The van der Waals surface area contributed by atoms with Gasteiger partial charge in [0, 0.05) is 0 Å². The standard InChI is InChI=1S/C14H17NO5/c1-8(2)7-11(15)14(19)20-13(18)10-6-4-3-5-9(10)12(16)17/h3-6,8,11H,7,15H2,1-2H3,(H,16,17)/t11-/m0/s1. The van der Waals surface area contributed by atoms with E-state index in [9.17, 15) is 14.4 Å². The maximum Gasteiger partial charge on any atom is 0.346 e. The summed E-state index contributed by atoms with van der Waals surface area (Å²) < 4.78 is 4.62. The Balaban J connectivity index is 2.82. The van der Waals surface area contributed by atoms with Crippen molar-refractivity contribution in [3.8, 4) is 0 Å². The van der Waals surface area contributed by atoms with Crippen molar-refractivity contribution < 1.29 is 24.2 Å². The van der Waals surface area contributed by atoms with Crippen molar-refractivity contribution >= 4 is 17.9 Å². The molecule has 0 aromatic heterocycles. The van der Waals surface area contributed by atoms with E-state index in [0.29, 0.717) is 6.42 Å². The molecule has 0 fully saturated rings. The molecule has 1 rings (SSSR count). The number of carboxylic acids is 1. The topological polar surface area (TPSA) is 107 Å². The minimum atomic E-state index is -1.27. The van der Waals surface area contributed by atoms with Crippen LogP contribution in [0.15, 0.2) is 24.3 Å². The van der Waals surface area contributed by atoms with Gasteiger partial charge >= 0.3 is 17.9 Å². The molecule has 1 atom stereocenters. The van der Waals surface area contributed by atoms with E-state index in [1.54, 1.807) is 0 Å². The van der Waals surface area contributed by atoms with Gasteiger partial charge in [0.1, 0.15) is 6.04 Å². The largest absolute Gasteiger partial charge is 0.478 e. The molecule has 6 nitrogen and oxygen atoms in total. The van der Waals surface area contributed by atoms with E-state index in [1.165, 1.54) is 24.3 Å². The van der Waals surface area contributed by atoms with E-state index in [4.69, 9.17) is 10.8 Å². The maximum atomic E-state index is 11.8. The molecule has 0 radical (unpaired) electrons. The number of hydrogen-bond donors (Lipinski definition) is 2. The summed E-state index contributed by atoms with van der Waals surface area (Å²) in [6, 6.07) is 4.61. The number of rotatable bonds is 5. The van der Waals surface area contributed by atoms with Crippen molar-refractivity contribution in [1.82, 2.24) is 0 Å². The number of ether oxygens (including phenoxy) is 1. The van der Waals surface area contributed by atoms with Crippen LogP contribution in [0.1, 0.15) is 41.0 Å². The Morgan fingerprint density at radius 3 is 2.25 bits per heavy atom. The summed E-state index contributed by atoms with van der Waals surface area (Å²) in [6.45, 7) is 3.77. The summed E-state index contributed by atoms with van der Waals surface area (Å²) >= 11 is 0. The molecule has 0 bridgehead atoms. The highest BCUT2D eigenvalue weighted by Crippen LogP contribution is 2.12. The van der Waals surface area contributed by atoms with E-state index in [2.05, 4.69) is 4.74 Å². The van der Waals surface area contributed by atoms with Crippen LogP contribution in [0.4, 0.5) is 0 Å². The SMILES string of the molecule is CC(C)C[C@H](N)C(=O)OC(=O)c1ccccc1C(=O)O. The van der Waals surface area contributed by atoms with Crippen molar-refractivity contribution in [1.29, 1.82) is 0 Å². The van der Waals surface area contributed by atoms with Gasteiger partial charge in [0.2, 0.25) is 0 Å². The van der Waals surface area contributed by atoms with Crippen molar-refractivity contribution in [2.75, 3.05) is 0 Å². The molecular formula is C14H17NO5. The second-order valence-electron chi connectivity index (χ2n) is 4.80. The number of carbonyl (C=O) groups is 3. The lowest BCUT2D eigenvalue weighted by atomic mass is 10.0. The molecule has 0 saturated heterocycles. The third-order valence-electron chi connectivity index (χ3n) is 2.60. The molecule has 0 saturated carbocycles. The third-order valence-corrected chi connectivity index (χ3v) is 2.60. The molecule has 1 aromatic carbocycles. The Labute approximate surface area is 116 Å². The molecule has 108 valence electrons.